The monoisotopic (exact) mass is 232 g/mol. The Bertz CT molecular complexity index is 340. The van der Waals surface area contributed by atoms with Gasteiger partial charge in [-0.05, 0) is 23.1 Å². The van der Waals surface area contributed by atoms with Gasteiger partial charge in [-0.25, -0.2) is 0 Å². The molecule has 0 heterocycles. The number of anilines is 1. The zero-order valence-corrected chi connectivity index (χ0v) is 9.79. The van der Waals surface area contributed by atoms with Gasteiger partial charge in [0.15, 0.2) is 0 Å². The van der Waals surface area contributed by atoms with Crippen LogP contribution in [0.3, 0.4) is 0 Å². The molecule has 15 heavy (non-hydrogen) atoms. The van der Waals surface area contributed by atoms with E-state index in [0.29, 0.717) is 5.69 Å². The minimum Gasteiger partial charge on any atom is -0.325 e. The SMILES string of the molecule is [2H]C(F)(F)SNc1ccc(C(C)(C)C)cc1. The Labute approximate surface area is 94.8 Å². The Kier molecular flexibility index (Phi) is 3.46. The van der Waals surface area contributed by atoms with Gasteiger partial charge in [0.05, 0.1) is 0 Å². The summed E-state index contributed by atoms with van der Waals surface area (Å²) in [5, 5.41) is 0. The average Bonchev–Trinajstić information content (AvgIpc) is 2.13. The van der Waals surface area contributed by atoms with Crippen LogP contribution in [0.1, 0.15) is 27.7 Å². The molecule has 0 saturated heterocycles. The van der Waals surface area contributed by atoms with Crippen LogP contribution in [0.4, 0.5) is 14.5 Å². The third kappa shape index (κ3) is 4.08. The standard InChI is InChI=1S/C11H15F2NS/c1-11(2,3)8-4-6-9(7-5-8)14-15-10(12)13/h4-7,10,14H,1-3H3/i10D. The second kappa shape index (κ2) is 4.84. The molecule has 0 spiro atoms. The molecule has 0 amide bonds. The van der Waals surface area contributed by atoms with Crippen LogP contribution in [0.2, 0.25) is 0 Å². The van der Waals surface area contributed by atoms with Gasteiger partial charge in [-0.3, -0.25) is 0 Å². The van der Waals surface area contributed by atoms with Crippen molar-refractivity contribution in [1.82, 2.24) is 0 Å². The van der Waals surface area contributed by atoms with Crippen molar-refractivity contribution in [3.05, 3.63) is 29.8 Å². The van der Waals surface area contributed by atoms with Crippen LogP contribution in [0, 0.1) is 0 Å². The molecule has 84 valence electrons. The highest BCUT2D eigenvalue weighted by molar-refractivity contribution is 8.00. The summed E-state index contributed by atoms with van der Waals surface area (Å²) in [6.45, 7) is 6.26. The van der Waals surface area contributed by atoms with Crippen molar-refractivity contribution in [3.63, 3.8) is 0 Å². The average molecular weight is 232 g/mol. The Balaban J connectivity index is 2.66. The predicted molar refractivity (Wildman–Crippen MR) is 62.4 cm³/mol. The fourth-order valence-corrected chi connectivity index (χ4v) is 1.47. The fourth-order valence-electron chi connectivity index (χ4n) is 1.14. The maximum atomic E-state index is 12.2. The summed E-state index contributed by atoms with van der Waals surface area (Å²) in [5.41, 5.74) is -1.75. The van der Waals surface area contributed by atoms with Crippen LogP contribution in [-0.2, 0) is 5.41 Å². The molecule has 0 atom stereocenters. The summed E-state index contributed by atoms with van der Waals surface area (Å²) >= 11 is 0.0834. The summed E-state index contributed by atoms with van der Waals surface area (Å²) in [5.74, 6) is 0. The Morgan fingerprint density at radius 2 is 1.80 bits per heavy atom. The Hall–Kier alpha value is -0.770. The van der Waals surface area contributed by atoms with Crippen molar-refractivity contribution in [2.24, 2.45) is 0 Å². The molecule has 0 aliphatic heterocycles. The van der Waals surface area contributed by atoms with Crippen molar-refractivity contribution in [1.29, 1.82) is 0 Å². The molecular formula is C11H15F2NS. The van der Waals surface area contributed by atoms with Gasteiger partial charge in [0, 0.05) is 17.6 Å². The van der Waals surface area contributed by atoms with E-state index in [4.69, 9.17) is 1.37 Å². The van der Waals surface area contributed by atoms with Gasteiger partial charge in [0.25, 0.3) is 0 Å². The second-order valence-corrected chi connectivity index (χ2v) is 4.97. The molecule has 0 radical (unpaired) electrons. The molecule has 0 unspecified atom stereocenters. The summed E-state index contributed by atoms with van der Waals surface area (Å²) < 4.78 is 33.3. The van der Waals surface area contributed by atoms with Crippen molar-refractivity contribution in [2.75, 3.05) is 4.72 Å². The topological polar surface area (TPSA) is 12.0 Å². The summed E-state index contributed by atoms with van der Waals surface area (Å²) in [4.78, 5) is 0. The van der Waals surface area contributed by atoms with E-state index < -0.39 is 5.73 Å². The van der Waals surface area contributed by atoms with Gasteiger partial charge in [-0.2, -0.15) is 8.78 Å². The molecule has 1 aromatic carbocycles. The van der Waals surface area contributed by atoms with Crippen LogP contribution in [0.15, 0.2) is 24.3 Å². The molecular weight excluding hydrogens is 216 g/mol. The number of benzene rings is 1. The molecule has 0 bridgehead atoms. The lowest BCUT2D eigenvalue weighted by Crippen LogP contribution is -2.10. The number of nitrogens with one attached hydrogen (secondary N) is 1. The first-order valence-corrected chi connectivity index (χ1v) is 5.42. The normalized spacial score (nSPS) is 13.5. The highest BCUT2D eigenvalue weighted by atomic mass is 32.2. The lowest BCUT2D eigenvalue weighted by atomic mass is 9.87. The molecule has 0 aliphatic rings. The highest BCUT2D eigenvalue weighted by Gasteiger charge is 2.12. The van der Waals surface area contributed by atoms with Crippen LogP contribution in [-0.4, -0.2) is 5.73 Å². The number of rotatable bonds is 3. The molecule has 1 aromatic rings. The lowest BCUT2D eigenvalue weighted by molar-refractivity contribution is 0.252. The van der Waals surface area contributed by atoms with E-state index in [-0.39, 0.29) is 17.4 Å². The van der Waals surface area contributed by atoms with Crippen LogP contribution in [0.5, 0.6) is 0 Å². The highest BCUT2D eigenvalue weighted by Crippen LogP contribution is 2.25. The summed E-state index contributed by atoms with van der Waals surface area (Å²) in [7, 11) is 0. The van der Waals surface area contributed by atoms with Gasteiger partial charge in [0.1, 0.15) is 1.37 Å². The fraction of sp³-hybridized carbons (Fsp3) is 0.455. The lowest BCUT2D eigenvalue weighted by Gasteiger charge is -2.19. The van der Waals surface area contributed by atoms with Crippen molar-refractivity contribution >= 4 is 17.6 Å². The molecule has 0 saturated carbocycles. The molecule has 0 aliphatic carbocycles. The quantitative estimate of drug-likeness (QED) is 0.781. The number of halogens is 2. The third-order valence-corrected chi connectivity index (χ3v) is 2.49. The van der Waals surface area contributed by atoms with Gasteiger partial charge < -0.3 is 4.72 Å². The number of alkyl halides is 2. The van der Waals surface area contributed by atoms with E-state index in [9.17, 15) is 8.78 Å². The van der Waals surface area contributed by atoms with E-state index in [0.717, 1.165) is 5.56 Å². The van der Waals surface area contributed by atoms with E-state index in [2.05, 4.69) is 25.5 Å². The summed E-state index contributed by atoms with van der Waals surface area (Å²) in [6.07, 6.45) is 0. The molecule has 0 aromatic heterocycles. The van der Waals surface area contributed by atoms with Crippen molar-refractivity contribution in [3.8, 4) is 0 Å². The molecule has 1 N–H and O–H groups in total. The largest absolute Gasteiger partial charge is 0.325 e. The zero-order valence-electron chi connectivity index (χ0n) is 9.97. The zero-order chi connectivity index (χ0) is 12.4. The predicted octanol–water partition coefficient (Wildman–Crippen LogP) is 4.27. The van der Waals surface area contributed by atoms with Crippen molar-refractivity contribution in [2.45, 2.75) is 31.9 Å². The summed E-state index contributed by atoms with van der Waals surface area (Å²) in [6, 6.07) is 7.26. The van der Waals surface area contributed by atoms with E-state index >= 15 is 0 Å². The first-order valence-electron chi connectivity index (χ1n) is 5.11. The van der Waals surface area contributed by atoms with E-state index in [1.54, 1.807) is 12.1 Å². The molecule has 1 rings (SSSR count). The minimum atomic E-state index is -3.51. The van der Waals surface area contributed by atoms with E-state index in [1.807, 2.05) is 12.1 Å². The Morgan fingerprint density at radius 3 is 2.20 bits per heavy atom. The minimum absolute atomic E-state index is 0.0467. The Morgan fingerprint density at radius 1 is 1.27 bits per heavy atom. The maximum absolute atomic E-state index is 12.2. The van der Waals surface area contributed by atoms with Gasteiger partial charge in [0.2, 0.25) is 0 Å². The van der Waals surface area contributed by atoms with Crippen LogP contribution >= 0.6 is 11.9 Å². The number of hydrogen-bond donors (Lipinski definition) is 1. The van der Waals surface area contributed by atoms with Crippen LogP contribution < -0.4 is 4.72 Å². The maximum Gasteiger partial charge on any atom is 0.302 e. The third-order valence-electron chi connectivity index (χ3n) is 2.00. The van der Waals surface area contributed by atoms with Gasteiger partial charge >= 0.3 is 5.73 Å². The first kappa shape index (κ1) is 10.7. The molecule has 4 heteroatoms. The van der Waals surface area contributed by atoms with Crippen LogP contribution in [0.25, 0.3) is 0 Å². The second-order valence-electron chi connectivity index (χ2n) is 4.26. The van der Waals surface area contributed by atoms with Gasteiger partial charge in [-0.15, -0.1) is 0 Å². The molecule has 1 nitrogen and oxygen atoms in total. The van der Waals surface area contributed by atoms with Gasteiger partial charge in [-0.1, -0.05) is 32.9 Å². The first-order chi connectivity index (χ1) is 7.18. The number of hydrogen-bond acceptors (Lipinski definition) is 2. The smallest absolute Gasteiger partial charge is 0.302 e. The van der Waals surface area contributed by atoms with E-state index in [1.165, 1.54) is 0 Å². The molecule has 0 fully saturated rings. The van der Waals surface area contributed by atoms with Crippen molar-refractivity contribution < 1.29 is 10.2 Å².